The Hall–Kier alpha value is -2.38. The van der Waals surface area contributed by atoms with Crippen LogP contribution in [0.5, 0.6) is 0 Å². The molecule has 0 radical (unpaired) electrons. The van der Waals surface area contributed by atoms with Crippen LogP contribution in [-0.4, -0.2) is 20.7 Å². The van der Waals surface area contributed by atoms with E-state index in [1.54, 1.807) is 0 Å². The molecule has 0 saturated carbocycles. The summed E-state index contributed by atoms with van der Waals surface area (Å²) in [7, 11) is 0. The van der Waals surface area contributed by atoms with Gasteiger partial charge in [0.05, 0.1) is 12.1 Å². The van der Waals surface area contributed by atoms with Crippen molar-refractivity contribution in [1.82, 2.24) is 14.8 Å². The predicted molar refractivity (Wildman–Crippen MR) is 64.7 cm³/mol. The Balaban J connectivity index is 1.88. The Bertz CT molecular complexity index is 563. The molecule has 0 saturated heterocycles. The van der Waals surface area contributed by atoms with Crippen LogP contribution in [0.15, 0.2) is 36.9 Å². The van der Waals surface area contributed by atoms with Gasteiger partial charge in [0.1, 0.15) is 12.7 Å². The molecule has 0 bridgehead atoms. The van der Waals surface area contributed by atoms with Crippen molar-refractivity contribution in [3.8, 4) is 0 Å². The van der Waals surface area contributed by atoms with Crippen molar-refractivity contribution in [2.45, 2.75) is 19.1 Å². The van der Waals surface area contributed by atoms with E-state index in [2.05, 4.69) is 15.4 Å². The largest absolute Gasteiger partial charge is 0.416 e. The third-order valence-electron chi connectivity index (χ3n) is 2.53. The van der Waals surface area contributed by atoms with E-state index in [-0.39, 0.29) is 12.3 Å². The zero-order valence-electron chi connectivity index (χ0n) is 10.3. The van der Waals surface area contributed by atoms with Crippen LogP contribution in [0.25, 0.3) is 0 Å². The van der Waals surface area contributed by atoms with Crippen molar-refractivity contribution >= 4 is 11.6 Å². The number of hydrogen-bond acceptors (Lipinski definition) is 3. The highest BCUT2D eigenvalue weighted by Gasteiger charge is 2.29. The number of hydrogen-bond donors (Lipinski definition) is 1. The molecule has 0 aliphatic rings. The summed E-state index contributed by atoms with van der Waals surface area (Å²) in [6.45, 7) is 0.354. The molecule has 1 N–H and O–H groups in total. The minimum Gasteiger partial charge on any atom is -0.326 e. The van der Waals surface area contributed by atoms with E-state index in [0.29, 0.717) is 12.2 Å². The number of anilines is 1. The van der Waals surface area contributed by atoms with Crippen LogP contribution in [0, 0.1) is 0 Å². The fourth-order valence-corrected chi connectivity index (χ4v) is 1.53. The Labute approximate surface area is 112 Å². The normalized spacial score (nSPS) is 11.3. The fourth-order valence-electron chi connectivity index (χ4n) is 1.53. The first-order chi connectivity index (χ1) is 9.45. The maximum atomic E-state index is 12.4. The topological polar surface area (TPSA) is 59.8 Å². The lowest BCUT2D eigenvalue weighted by Gasteiger charge is -2.08. The van der Waals surface area contributed by atoms with E-state index >= 15 is 0 Å². The molecule has 0 atom stereocenters. The second kappa shape index (κ2) is 5.72. The average molecular weight is 284 g/mol. The number of carbonyl (C=O) groups is 1. The van der Waals surface area contributed by atoms with E-state index in [1.807, 2.05) is 0 Å². The first kappa shape index (κ1) is 14.0. The molecule has 0 spiro atoms. The monoisotopic (exact) mass is 284 g/mol. The summed E-state index contributed by atoms with van der Waals surface area (Å²) in [5, 5.41) is 6.35. The molecule has 2 aromatic rings. The minimum atomic E-state index is -4.38. The number of alkyl halides is 3. The molecule has 1 amide bonds. The highest BCUT2D eigenvalue weighted by Crippen LogP contribution is 2.29. The second-order valence-electron chi connectivity index (χ2n) is 4.03. The van der Waals surface area contributed by atoms with E-state index < -0.39 is 11.7 Å². The van der Waals surface area contributed by atoms with Crippen LogP contribution >= 0.6 is 0 Å². The molecule has 1 aromatic carbocycles. The number of benzene rings is 1. The lowest BCUT2D eigenvalue weighted by molar-refractivity contribution is -0.137. The Morgan fingerprint density at radius 3 is 2.50 bits per heavy atom. The van der Waals surface area contributed by atoms with Crippen molar-refractivity contribution in [2.75, 3.05) is 5.32 Å². The van der Waals surface area contributed by atoms with Gasteiger partial charge >= 0.3 is 6.18 Å². The van der Waals surface area contributed by atoms with Gasteiger partial charge in [0.25, 0.3) is 0 Å². The van der Waals surface area contributed by atoms with Gasteiger partial charge in [0.15, 0.2) is 0 Å². The summed E-state index contributed by atoms with van der Waals surface area (Å²) in [4.78, 5) is 15.3. The SMILES string of the molecule is O=C(CCn1cncn1)Nc1ccc(C(F)(F)F)cc1. The number of amides is 1. The zero-order chi connectivity index (χ0) is 14.6. The van der Waals surface area contributed by atoms with Gasteiger partial charge in [-0.2, -0.15) is 18.3 Å². The molecule has 0 aliphatic heterocycles. The maximum Gasteiger partial charge on any atom is 0.416 e. The molecule has 20 heavy (non-hydrogen) atoms. The third kappa shape index (κ3) is 3.81. The van der Waals surface area contributed by atoms with Crippen LogP contribution in [0.1, 0.15) is 12.0 Å². The van der Waals surface area contributed by atoms with Gasteiger partial charge in [-0.25, -0.2) is 4.98 Å². The van der Waals surface area contributed by atoms with E-state index in [4.69, 9.17) is 0 Å². The Morgan fingerprint density at radius 1 is 1.25 bits per heavy atom. The molecule has 0 unspecified atom stereocenters. The van der Waals surface area contributed by atoms with Crippen LogP contribution in [0.3, 0.4) is 0 Å². The van der Waals surface area contributed by atoms with Crippen molar-refractivity contribution < 1.29 is 18.0 Å². The molecule has 2 rings (SSSR count). The minimum absolute atomic E-state index is 0.157. The molecule has 106 valence electrons. The summed E-state index contributed by atoms with van der Waals surface area (Å²) < 4.78 is 38.6. The van der Waals surface area contributed by atoms with Crippen molar-refractivity contribution in [2.24, 2.45) is 0 Å². The number of carbonyl (C=O) groups excluding carboxylic acids is 1. The predicted octanol–water partition coefficient (Wildman–Crippen LogP) is 2.33. The highest BCUT2D eigenvalue weighted by atomic mass is 19.4. The van der Waals surface area contributed by atoms with E-state index in [1.165, 1.54) is 29.5 Å². The van der Waals surface area contributed by atoms with Gasteiger partial charge in [0, 0.05) is 12.1 Å². The first-order valence-electron chi connectivity index (χ1n) is 5.75. The van der Waals surface area contributed by atoms with Crippen molar-refractivity contribution in [1.29, 1.82) is 0 Å². The smallest absolute Gasteiger partial charge is 0.326 e. The lowest BCUT2D eigenvalue weighted by atomic mass is 10.2. The molecule has 0 fully saturated rings. The zero-order valence-corrected chi connectivity index (χ0v) is 10.3. The van der Waals surface area contributed by atoms with Crippen LogP contribution in [-0.2, 0) is 17.5 Å². The Morgan fingerprint density at radius 2 is 1.95 bits per heavy atom. The summed E-state index contributed by atoms with van der Waals surface area (Å²) >= 11 is 0. The standard InChI is InChI=1S/C12H11F3N4O/c13-12(14,15)9-1-3-10(4-2-9)18-11(20)5-6-19-8-16-7-17-19/h1-4,7-8H,5-6H2,(H,18,20). The number of aromatic nitrogens is 3. The van der Waals surface area contributed by atoms with Crippen molar-refractivity contribution in [3.63, 3.8) is 0 Å². The number of nitrogens with one attached hydrogen (secondary N) is 1. The summed E-state index contributed by atoms with van der Waals surface area (Å²) in [5.41, 5.74) is -0.431. The highest BCUT2D eigenvalue weighted by molar-refractivity contribution is 5.90. The molecule has 8 heteroatoms. The number of rotatable bonds is 4. The number of aryl methyl sites for hydroxylation is 1. The summed E-state index contributed by atoms with van der Waals surface area (Å²) in [6, 6.07) is 4.28. The van der Waals surface area contributed by atoms with E-state index in [9.17, 15) is 18.0 Å². The van der Waals surface area contributed by atoms with Gasteiger partial charge in [-0.05, 0) is 24.3 Å². The number of nitrogens with zero attached hydrogens (tertiary/aromatic N) is 3. The van der Waals surface area contributed by atoms with Gasteiger partial charge < -0.3 is 5.32 Å². The molecule has 0 aliphatic carbocycles. The van der Waals surface area contributed by atoms with Gasteiger partial charge in [0.2, 0.25) is 5.91 Å². The first-order valence-corrected chi connectivity index (χ1v) is 5.75. The van der Waals surface area contributed by atoms with E-state index in [0.717, 1.165) is 12.1 Å². The molecular formula is C12H11F3N4O. The lowest BCUT2D eigenvalue weighted by Crippen LogP contribution is -2.15. The molecular weight excluding hydrogens is 273 g/mol. The fraction of sp³-hybridized carbons (Fsp3) is 0.250. The van der Waals surface area contributed by atoms with Crippen molar-refractivity contribution in [3.05, 3.63) is 42.5 Å². The quantitative estimate of drug-likeness (QED) is 0.937. The molecule has 1 aromatic heterocycles. The molecule has 5 nitrogen and oxygen atoms in total. The summed E-state index contributed by atoms with van der Waals surface area (Å²) in [6.07, 6.45) is -1.39. The van der Waals surface area contributed by atoms with Gasteiger partial charge in [-0.1, -0.05) is 0 Å². The van der Waals surface area contributed by atoms with Crippen LogP contribution in [0.2, 0.25) is 0 Å². The van der Waals surface area contributed by atoms with Crippen LogP contribution in [0.4, 0.5) is 18.9 Å². The Kier molecular flexibility index (Phi) is 4.02. The van der Waals surface area contributed by atoms with Crippen LogP contribution < -0.4 is 5.32 Å². The third-order valence-corrected chi connectivity index (χ3v) is 2.53. The second-order valence-corrected chi connectivity index (χ2v) is 4.03. The summed E-state index contributed by atoms with van der Waals surface area (Å²) in [5.74, 6) is -0.305. The van der Waals surface area contributed by atoms with Gasteiger partial charge in [-0.15, -0.1) is 0 Å². The van der Waals surface area contributed by atoms with Gasteiger partial charge in [-0.3, -0.25) is 9.48 Å². The molecule has 1 heterocycles. The average Bonchev–Trinajstić information content (AvgIpc) is 2.89. The maximum absolute atomic E-state index is 12.4. The number of halogens is 3.